The molecule has 0 saturated carbocycles. The Balaban J connectivity index is 1.19. The second-order valence-corrected chi connectivity index (χ2v) is 10.2. The molecule has 39 heavy (non-hydrogen) atoms. The first-order chi connectivity index (χ1) is 18.9. The number of hydrogen-bond acceptors (Lipinski definition) is 9. The van der Waals surface area contributed by atoms with Crippen LogP contribution in [0.4, 0.5) is 11.8 Å². The van der Waals surface area contributed by atoms with Gasteiger partial charge in [-0.1, -0.05) is 6.92 Å². The number of allylic oxidation sites excluding steroid dienone is 4. The highest BCUT2D eigenvalue weighted by Crippen LogP contribution is 2.31. The predicted octanol–water partition coefficient (Wildman–Crippen LogP) is 3.47. The summed E-state index contributed by atoms with van der Waals surface area (Å²) in [6, 6.07) is 5.43. The fraction of sp³-hybridized carbons (Fsp3) is 0.321. The lowest BCUT2D eigenvalue weighted by Crippen LogP contribution is -2.46. The third-order valence-electron chi connectivity index (χ3n) is 7.48. The van der Waals surface area contributed by atoms with Gasteiger partial charge in [0.15, 0.2) is 5.65 Å². The van der Waals surface area contributed by atoms with E-state index in [4.69, 9.17) is 0 Å². The molecule has 1 atom stereocenters. The quantitative estimate of drug-likeness (QED) is 0.308. The molecule has 6 rings (SSSR count). The molecule has 1 fully saturated rings. The van der Waals surface area contributed by atoms with E-state index in [0.717, 1.165) is 60.9 Å². The van der Waals surface area contributed by atoms with E-state index < -0.39 is 0 Å². The Bertz CT molecular complexity index is 1620. The van der Waals surface area contributed by atoms with Gasteiger partial charge in [0.05, 0.1) is 0 Å². The number of nitrogens with one attached hydrogen (secondary N) is 3. The van der Waals surface area contributed by atoms with E-state index >= 15 is 0 Å². The number of aromatic hydroxyl groups is 1. The van der Waals surface area contributed by atoms with Crippen molar-refractivity contribution in [1.82, 2.24) is 35.0 Å². The van der Waals surface area contributed by atoms with Gasteiger partial charge in [0.2, 0.25) is 5.95 Å². The number of benzene rings is 1. The molecule has 1 aromatic carbocycles. The topological polar surface area (TPSA) is 139 Å². The molecule has 1 aliphatic heterocycles. The highest BCUT2D eigenvalue weighted by molar-refractivity contribution is 5.88. The molecular weight excluding hydrogens is 494 g/mol. The van der Waals surface area contributed by atoms with E-state index in [1.54, 1.807) is 24.5 Å². The van der Waals surface area contributed by atoms with Gasteiger partial charge in [-0.25, -0.2) is 15.0 Å². The fourth-order valence-corrected chi connectivity index (χ4v) is 5.29. The third-order valence-corrected chi connectivity index (χ3v) is 7.48. The van der Waals surface area contributed by atoms with Crippen LogP contribution in [0.25, 0.3) is 22.4 Å². The van der Waals surface area contributed by atoms with Crippen molar-refractivity contribution < 1.29 is 5.11 Å². The van der Waals surface area contributed by atoms with E-state index in [-0.39, 0.29) is 17.2 Å². The Morgan fingerprint density at radius 3 is 2.41 bits per heavy atom. The number of phenolic OH excluding ortho intramolecular Hbond substituents is 1. The van der Waals surface area contributed by atoms with Crippen molar-refractivity contribution in [2.75, 3.05) is 36.4 Å². The van der Waals surface area contributed by atoms with Gasteiger partial charge in [-0.2, -0.15) is 5.10 Å². The molecule has 0 bridgehead atoms. The summed E-state index contributed by atoms with van der Waals surface area (Å²) in [5.74, 6) is 2.19. The highest BCUT2D eigenvalue weighted by Gasteiger charge is 2.25. The number of aryl methyl sites for hydroxylation is 2. The first-order valence-electron chi connectivity index (χ1n) is 13.1. The second kappa shape index (κ2) is 9.90. The summed E-state index contributed by atoms with van der Waals surface area (Å²) in [4.78, 5) is 34.0. The fourth-order valence-electron chi connectivity index (χ4n) is 5.29. The molecule has 4 N–H and O–H groups in total. The van der Waals surface area contributed by atoms with E-state index in [9.17, 15) is 9.90 Å². The molecule has 0 spiro atoms. The van der Waals surface area contributed by atoms with Crippen molar-refractivity contribution in [3.63, 3.8) is 0 Å². The van der Waals surface area contributed by atoms with Crippen molar-refractivity contribution in [2.24, 2.45) is 5.92 Å². The van der Waals surface area contributed by atoms with E-state index in [2.05, 4.69) is 64.3 Å². The van der Waals surface area contributed by atoms with Crippen molar-refractivity contribution >= 4 is 22.8 Å². The Hall–Kier alpha value is -4.67. The van der Waals surface area contributed by atoms with Gasteiger partial charge in [-0.05, 0) is 61.7 Å². The van der Waals surface area contributed by atoms with Crippen LogP contribution in [-0.2, 0) is 0 Å². The molecule has 4 heterocycles. The number of aromatic nitrogens is 6. The number of anilines is 2. The number of phenols is 1. The minimum absolute atomic E-state index is 0.230. The van der Waals surface area contributed by atoms with Gasteiger partial charge in [-0.3, -0.25) is 9.89 Å². The van der Waals surface area contributed by atoms with E-state index in [1.807, 2.05) is 19.9 Å². The predicted molar refractivity (Wildman–Crippen MR) is 150 cm³/mol. The lowest BCUT2D eigenvalue weighted by atomic mass is 9.95. The maximum absolute atomic E-state index is 13.1. The first-order valence-corrected chi connectivity index (χ1v) is 13.1. The lowest BCUT2D eigenvalue weighted by molar-refractivity contribution is 0.300. The van der Waals surface area contributed by atoms with Crippen LogP contribution in [0.15, 0.2) is 58.9 Å². The molecule has 0 amide bonds. The molecule has 4 aromatic rings. The molecule has 11 heteroatoms. The number of rotatable bonds is 5. The molecule has 1 unspecified atom stereocenters. The van der Waals surface area contributed by atoms with Crippen LogP contribution in [0.5, 0.6) is 5.75 Å². The summed E-state index contributed by atoms with van der Waals surface area (Å²) in [5.41, 5.74) is 4.52. The average molecular weight is 526 g/mol. The average Bonchev–Trinajstić information content (AvgIpc) is 3.36. The third kappa shape index (κ3) is 4.71. The van der Waals surface area contributed by atoms with Gasteiger partial charge in [0.25, 0.3) is 5.56 Å². The first kappa shape index (κ1) is 24.7. The number of fused-ring (bicyclic) bond motifs is 1. The number of H-pyrrole nitrogens is 2. The molecule has 200 valence electrons. The molecular formula is C28H31N9O2. The van der Waals surface area contributed by atoms with Gasteiger partial charge in [0, 0.05) is 61.4 Å². The van der Waals surface area contributed by atoms with Gasteiger partial charge in [-0.15, -0.1) is 0 Å². The number of piperazine rings is 1. The summed E-state index contributed by atoms with van der Waals surface area (Å²) in [5, 5.41) is 21.1. The minimum Gasteiger partial charge on any atom is -0.507 e. The Kier molecular flexibility index (Phi) is 6.26. The van der Waals surface area contributed by atoms with Crippen LogP contribution in [0.2, 0.25) is 0 Å². The summed E-state index contributed by atoms with van der Waals surface area (Å²) >= 11 is 0. The minimum atomic E-state index is -0.282. The van der Waals surface area contributed by atoms with Crippen LogP contribution in [0, 0.1) is 19.8 Å². The zero-order chi connectivity index (χ0) is 27.1. The van der Waals surface area contributed by atoms with Crippen molar-refractivity contribution in [2.45, 2.75) is 27.2 Å². The van der Waals surface area contributed by atoms with Gasteiger partial charge >= 0.3 is 0 Å². The van der Waals surface area contributed by atoms with E-state index in [1.165, 1.54) is 5.70 Å². The lowest BCUT2D eigenvalue weighted by Gasteiger charge is -2.39. The highest BCUT2D eigenvalue weighted by atomic mass is 16.3. The standard InChI is InChI=1S/C28H31N9O2/c1-16-15-20(36-9-11-37(12-10-36)28-29-7-4-8-30-28)5-6-21(16)31-25-22-26(35-34-25)32-24(33-27(22)39)19-13-17(2)23(38)18(3)14-19/h4-8,13-14,16,38H,9-12,15H2,1-3H3,(H3,31,32,33,34,35,39). The Morgan fingerprint density at radius 1 is 1.03 bits per heavy atom. The van der Waals surface area contributed by atoms with Crippen molar-refractivity contribution in [3.8, 4) is 17.1 Å². The normalized spacial score (nSPS) is 17.8. The monoisotopic (exact) mass is 525 g/mol. The molecule has 1 saturated heterocycles. The van der Waals surface area contributed by atoms with Crippen molar-refractivity contribution in [3.05, 3.63) is 75.6 Å². The van der Waals surface area contributed by atoms with Gasteiger partial charge < -0.3 is 25.2 Å². The molecule has 11 nitrogen and oxygen atoms in total. The second-order valence-electron chi connectivity index (χ2n) is 10.2. The largest absolute Gasteiger partial charge is 0.507 e. The maximum atomic E-state index is 13.1. The molecule has 2 aliphatic rings. The number of nitrogens with zero attached hydrogens (tertiary/aromatic N) is 6. The zero-order valence-corrected chi connectivity index (χ0v) is 22.2. The summed E-state index contributed by atoms with van der Waals surface area (Å²) in [7, 11) is 0. The van der Waals surface area contributed by atoms with Crippen LogP contribution >= 0.6 is 0 Å². The van der Waals surface area contributed by atoms with E-state index in [0.29, 0.717) is 22.7 Å². The van der Waals surface area contributed by atoms with Gasteiger partial charge in [0.1, 0.15) is 22.8 Å². The maximum Gasteiger partial charge on any atom is 0.264 e. The number of aromatic amines is 2. The van der Waals surface area contributed by atoms with Crippen LogP contribution in [-0.4, -0.2) is 66.3 Å². The van der Waals surface area contributed by atoms with Crippen LogP contribution < -0.4 is 15.8 Å². The Morgan fingerprint density at radius 2 is 1.72 bits per heavy atom. The van der Waals surface area contributed by atoms with Crippen molar-refractivity contribution in [1.29, 1.82) is 0 Å². The molecule has 1 aliphatic carbocycles. The SMILES string of the molecule is Cc1cc(-c2nc3n[nH]c(NC4=CC=C(N5CCN(c6ncccn6)CC5)CC4C)c3c(=O)[nH]2)cc(C)c1O. The smallest absolute Gasteiger partial charge is 0.264 e. The molecule has 3 aromatic heterocycles. The van der Waals surface area contributed by atoms with Crippen LogP contribution in [0.3, 0.4) is 0 Å². The Labute approximate surface area is 225 Å². The van der Waals surface area contributed by atoms with Crippen LogP contribution in [0.1, 0.15) is 24.5 Å². The molecule has 0 radical (unpaired) electrons. The summed E-state index contributed by atoms with van der Waals surface area (Å²) in [6.45, 7) is 9.41. The zero-order valence-electron chi connectivity index (χ0n) is 22.2. The number of hydrogen-bond donors (Lipinski definition) is 4. The summed E-state index contributed by atoms with van der Waals surface area (Å²) in [6.07, 6.45) is 8.70. The summed E-state index contributed by atoms with van der Waals surface area (Å²) < 4.78 is 0.